The Hall–Kier alpha value is -2.00. The summed E-state index contributed by atoms with van der Waals surface area (Å²) >= 11 is 1.37. The molecule has 0 fully saturated rings. The van der Waals surface area contributed by atoms with Crippen molar-refractivity contribution in [2.24, 2.45) is 10.9 Å². The molecule has 1 aliphatic rings. The number of carbonyl (C=O) groups is 1. The normalized spacial score (nSPS) is 14.5. The Kier molecular flexibility index (Phi) is 5.45. The number of nitriles is 1. The molecule has 0 saturated carbocycles. The van der Waals surface area contributed by atoms with Gasteiger partial charge >= 0.3 is 0 Å². The van der Waals surface area contributed by atoms with Crippen molar-refractivity contribution in [2.45, 2.75) is 26.7 Å². The van der Waals surface area contributed by atoms with E-state index in [2.05, 4.69) is 10.3 Å². The average Bonchev–Trinajstić information content (AvgIpc) is 2.53. The second-order valence-corrected chi connectivity index (χ2v) is 6.21. The van der Waals surface area contributed by atoms with E-state index in [0.717, 1.165) is 30.8 Å². The summed E-state index contributed by atoms with van der Waals surface area (Å²) in [5.74, 6) is 0.113. The van der Waals surface area contributed by atoms with Crippen molar-refractivity contribution in [1.82, 2.24) is 5.32 Å². The molecule has 0 spiro atoms. The summed E-state index contributed by atoms with van der Waals surface area (Å²) in [7, 11) is 0. The lowest BCUT2D eigenvalue weighted by molar-refractivity contribution is -0.121. The number of fused-ring (bicyclic) bond motifs is 1. The Morgan fingerprint density at radius 2 is 2.27 bits per heavy atom. The van der Waals surface area contributed by atoms with Gasteiger partial charge in [-0.25, -0.2) is 4.99 Å². The van der Waals surface area contributed by atoms with Crippen LogP contribution in [0.5, 0.6) is 0 Å². The molecule has 0 bridgehead atoms. The first-order valence-corrected chi connectivity index (χ1v) is 8.51. The Bertz CT molecular complexity index is 634. The number of aryl methyl sites for hydroxylation is 1. The molecule has 0 saturated heterocycles. The highest BCUT2D eigenvalue weighted by Crippen LogP contribution is 2.32. The molecule has 22 heavy (non-hydrogen) atoms. The zero-order valence-electron chi connectivity index (χ0n) is 13.1. The van der Waals surface area contributed by atoms with Crippen molar-refractivity contribution in [3.05, 3.63) is 23.8 Å². The predicted octanol–water partition coefficient (Wildman–Crippen LogP) is 3.04. The Morgan fingerprint density at radius 3 is 2.91 bits per heavy atom. The maximum absolute atomic E-state index is 12.4. The summed E-state index contributed by atoms with van der Waals surface area (Å²) in [6.07, 6.45) is 5.70. The highest BCUT2D eigenvalue weighted by molar-refractivity contribution is 8.13. The summed E-state index contributed by atoms with van der Waals surface area (Å²) in [5.41, 5.74) is 2.87. The molecule has 1 amide bonds. The number of carbonyl (C=O) groups excluding carboxylic acids is 1. The van der Waals surface area contributed by atoms with Crippen molar-refractivity contribution in [2.75, 3.05) is 17.7 Å². The number of hydrogen-bond acceptors (Lipinski definition) is 4. The molecular formula is C16H20N4OS. The highest BCUT2D eigenvalue weighted by Gasteiger charge is 2.24. The Labute approximate surface area is 135 Å². The van der Waals surface area contributed by atoms with Crippen LogP contribution in [-0.4, -0.2) is 23.9 Å². The molecule has 0 atom stereocenters. The van der Waals surface area contributed by atoms with Gasteiger partial charge in [-0.3, -0.25) is 10.1 Å². The van der Waals surface area contributed by atoms with E-state index in [0.29, 0.717) is 5.17 Å². The van der Waals surface area contributed by atoms with Crippen LogP contribution in [0.15, 0.2) is 23.2 Å². The largest absolute Gasteiger partial charge is 0.312 e. The van der Waals surface area contributed by atoms with Crippen LogP contribution in [0.25, 0.3) is 0 Å². The molecule has 1 aliphatic heterocycles. The van der Waals surface area contributed by atoms with Gasteiger partial charge in [0.1, 0.15) is 0 Å². The number of amidine groups is 1. The predicted molar refractivity (Wildman–Crippen MR) is 91.3 cm³/mol. The van der Waals surface area contributed by atoms with Gasteiger partial charge in [-0.05, 0) is 36.8 Å². The third kappa shape index (κ3) is 3.60. The second-order valence-electron chi connectivity index (χ2n) is 5.42. The van der Waals surface area contributed by atoms with Crippen LogP contribution in [0.1, 0.15) is 25.8 Å². The van der Waals surface area contributed by atoms with E-state index in [1.807, 2.05) is 49.4 Å². The van der Waals surface area contributed by atoms with Crippen LogP contribution in [0, 0.1) is 17.4 Å². The molecule has 1 heterocycles. The van der Waals surface area contributed by atoms with Crippen LogP contribution in [0.2, 0.25) is 0 Å². The van der Waals surface area contributed by atoms with Gasteiger partial charge in [-0.1, -0.05) is 31.7 Å². The average molecular weight is 316 g/mol. The maximum atomic E-state index is 12.4. The molecule has 2 rings (SSSR count). The standard InChI is InChI=1S/C16H20N4OS/c1-11(2)15(21)20-8-4-5-12-6-7-13(9-14(12)20)19-16(22-3)18-10-17/h6-7,9,11H,4-5,8H2,1-3H3,(H,18,19). The fraction of sp³-hybridized carbons (Fsp3) is 0.438. The van der Waals surface area contributed by atoms with E-state index in [1.54, 1.807) is 0 Å². The van der Waals surface area contributed by atoms with E-state index in [1.165, 1.54) is 17.3 Å². The molecule has 1 aromatic rings. The summed E-state index contributed by atoms with van der Waals surface area (Å²) < 4.78 is 0. The van der Waals surface area contributed by atoms with Crippen molar-refractivity contribution in [3.63, 3.8) is 0 Å². The summed E-state index contributed by atoms with van der Waals surface area (Å²) in [5, 5.41) is 11.8. The number of nitrogens with one attached hydrogen (secondary N) is 1. The summed E-state index contributed by atoms with van der Waals surface area (Å²) in [6.45, 7) is 4.59. The summed E-state index contributed by atoms with van der Waals surface area (Å²) in [4.78, 5) is 18.7. The number of nitrogens with zero attached hydrogens (tertiary/aromatic N) is 3. The van der Waals surface area contributed by atoms with Gasteiger partial charge in [0.2, 0.25) is 5.91 Å². The summed E-state index contributed by atoms with van der Waals surface area (Å²) in [6, 6.07) is 5.89. The van der Waals surface area contributed by atoms with Crippen molar-refractivity contribution in [1.29, 1.82) is 5.26 Å². The Morgan fingerprint density at radius 1 is 1.50 bits per heavy atom. The number of rotatable bonds is 2. The van der Waals surface area contributed by atoms with E-state index < -0.39 is 0 Å². The van der Waals surface area contributed by atoms with Crippen LogP contribution in [0.3, 0.4) is 0 Å². The van der Waals surface area contributed by atoms with E-state index in [-0.39, 0.29) is 11.8 Å². The lowest BCUT2D eigenvalue weighted by atomic mass is 9.99. The van der Waals surface area contributed by atoms with Crippen LogP contribution >= 0.6 is 11.8 Å². The molecule has 0 radical (unpaired) electrons. The minimum atomic E-state index is -0.0277. The third-order valence-corrected chi connectivity index (χ3v) is 4.11. The molecular weight excluding hydrogens is 296 g/mol. The van der Waals surface area contributed by atoms with Gasteiger partial charge in [0.15, 0.2) is 11.4 Å². The Balaban J connectivity index is 2.38. The third-order valence-electron chi connectivity index (χ3n) is 3.53. The van der Waals surface area contributed by atoms with Crippen molar-refractivity contribution >= 4 is 34.2 Å². The fourth-order valence-corrected chi connectivity index (χ4v) is 2.81. The van der Waals surface area contributed by atoms with E-state index in [9.17, 15) is 4.79 Å². The van der Waals surface area contributed by atoms with E-state index >= 15 is 0 Å². The quantitative estimate of drug-likeness (QED) is 0.394. The van der Waals surface area contributed by atoms with Crippen LogP contribution in [0.4, 0.5) is 11.4 Å². The molecule has 116 valence electrons. The van der Waals surface area contributed by atoms with Crippen molar-refractivity contribution < 1.29 is 4.79 Å². The number of anilines is 1. The first-order valence-electron chi connectivity index (χ1n) is 7.29. The topological polar surface area (TPSA) is 68.5 Å². The zero-order valence-corrected chi connectivity index (χ0v) is 13.9. The zero-order chi connectivity index (χ0) is 16.1. The lowest BCUT2D eigenvalue weighted by Crippen LogP contribution is -2.38. The molecule has 1 aromatic carbocycles. The molecule has 5 nitrogen and oxygen atoms in total. The molecule has 0 unspecified atom stereocenters. The maximum Gasteiger partial charge on any atom is 0.229 e. The lowest BCUT2D eigenvalue weighted by Gasteiger charge is -2.31. The van der Waals surface area contributed by atoms with Gasteiger partial charge in [0, 0.05) is 18.2 Å². The highest BCUT2D eigenvalue weighted by atomic mass is 32.2. The first-order chi connectivity index (χ1) is 10.6. The van der Waals surface area contributed by atoms with Crippen LogP contribution in [-0.2, 0) is 11.2 Å². The van der Waals surface area contributed by atoms with Gasteiger partial charge in [-0.2, -0.15) is 5.26 Å². The SMILES string of the molecule is CSC(=Nc1ccc2c(c1)N(C(=O)C(C)C)CCC2)NC#N. The number of amides is 1. The number of aliphatic imine (C=N–C) groups is 1. The smallest absolute Gasteiger partial charge is 0.229 e. The molecule has 0 aromatic heterocycles. The van der Waals surface area contributed by atoms with Gasteiger partial charge in [0.25, 0.3) is 0 Å². The van der Waals surface area contributed by atoms with Crippen LogP contribution < -0.4 is 10.2 Å². The number of thioether (sulfide) groups is 1. The number of hydrogen-bond donors (Lipinski definition) is 1. The van der Waals surface area contributed by atoms with Gasteiger partial charge < -0.3 is 4.90 Å². The van der Waals surface area contributed by atoms with Gasteiger partial charge in [-0.15, -0.1) is 0 Å². The monoisotopic (exact) mass is 316 g/mol. The number of benzene rings is 1. The minimum absolute atomic E-state index is 0.0277. The van der Waals surface area contributed by atoms with Crippen molar-refractivity contribution in [3.8, 4) is 6.19 Å². The molecule has 1 N–H and O–H groups in total. The fourth-order valence-electron chi connectivity index (χ4n) is 2.46. The minimum Gasteiger partial charge on any atom is -0.312 e. The first kappa shape index (κ1) is 16.4. The molecule has 0 aliphatic carbocycles. The van der Waals surface area contributed by atoms with E-state index in [4.69, 9.17) is 5.26 Å². The van der Waals surface area contributed by atoms with Gasteiger partial charge in [0.05, 0.1) is 5.69 Å². The molecule has 6 heteroatoms. The second kappa shape index (κ2) is 7.32.